The van der Waals surface area contributed by atoms with E-state index in [-0.39, 0.29) is 13.1 Å². The number of hydrogen-bond acceptors (Lipinski definition) is 5. The van der Waals surface area contributed by atoms with Crippen molar-refractivity contribution in [2.24, 2.45) is 0 Å². The number of likely N-dealkylation sites (N-methyl/N-ethyl adjacent to an activating group) is 1. The SMILES string of the molecule is CCN1CCN(C(=O)OC(C)(C)O)[C@@H](C(=O)O)C1. The Labute approximate surface area is 106 Å². The number of piperazine rings is 1. The summed E-state index contributed by atoms with van der Waals surface area (Å²) in [5.74, 6) is -2.68. The van der Waals surface area contributed by atoms with Crippen LogP contribution in [0.15, 0.2) is 0 Å². The Morgan fingerprint density at radius 2 is 2.00 bits per heavy atom. The van der Waals surface area contributed by atoms with Gasteiger partial charge < -0.3 is 14.9 Å². The summed E-state index contributed by atoms with van der Waals surface area (Å²) in [5.41, 5.74) is 0. The first-order valence-corrected chi connectivity index (χ1v) is 5.91. The lowest BCUT2D eigenvalue weighted by atomic mass is 10.2. The molecule has 1 aliphatic heterocycles. The molecule has 0 spiro atoms. The van der Waals surface area contributed by atoms with E-state index in [1.54, 1.807) is 0 Å². The number of carboxylic acids is 1. The van der Waals surface area contributed by atoms with Crippen molar-refractivity contribution in [2.75, 3.05) is 26.2 Å². The van der Waals surface area contributed by atoms with Crippen LogP contribution in [0.5, 0.6) is 0 Å². The number of rotatable bonds is 3. The number of ether oxygens (including phenoxy) is 1. The Bertz CT molecular complexity index is 326. The van der Waals surface area contributed by atoms with E-state index in [2.05, 4.69) is 0 Å². The van der Waals surface area contributed by atoms with Crippen LogP contribution in [-0.4, -0.2) is 70.1 Å². The average molecular weight is 260 g/mol. The Hall–Kier alpha value is -1.34. The van der Waals surface area contributed by atoms with Crippen LogP contribution < -0.4 is 0 Å². The van der Waals surface area contributed by atoms with Crippen molar-refractivity contribution in [2.45, 2.75) is 32.6 Å². The molecular formula is C11H20N2O5. The second-order valence-electron chi connectivity index (χ2n) is 4.76. The maximum atomic E-state index is 11.8. The lowest BCUT2D eigenvalue weighted by Gasteiger charge is -2.38. The molecule has 0 aliphatic carbocycles. The van der Waals surface area contributed by atoms with Crippen molar-refractivity contribution in [1.82, 2.24) is 9.80 Å². The van der Waals surface area contributed by atoms with Gasteiger partial charge in [0.1, 0.15) is 6.04 Å². The van der Waals surface area contributed by atoms with Crippen LogP contribution in [0, 0.1) is 0 Å². The Morgan fingerprint density at radius 1 is 1.39 bits per heavy atom. The number of nitrogens with zero attached hydrogens (tertiary/aromatic N) is 2. The largest absolute Gasteiger partial charge is 0.480 e. The summed E-state index contributed by atoms with van der Waals surface area (Å²) in [6.07, 6.45) is -0.800. The van der Waals surface area contributed by atoms with Gasteiger partial charge in [-0.3, -0.25) is 9.80 Å². The molecule has 1 heterocycles. The third kappa shape index (κ3) is 3.85. The molecule has 1 saturated heterocycles. The van der Waals surface area contributed by atoms with Crippen molar-refractivity contribution in [3.05, 3.63) is 0 Å². The van der Waals surface area contributed by atoms with Gasteiger partial charge in [0.25, 0.3) is 0 Å². The molecule has 7 heteroatoms. The molecule has 0 aromatic heterocycles. The highest BCUT2D eigenvalue weighted by Gasteiger charge is 2.37. The summed E-state index contributed by atoms with van der Waals surface area (Å²) < 4.78 is 4.79. The topological polar surface area (TPSA) is 90.3 Å². The van der Waals surface area contributed by atoms with Crippen molar-refractivity contribution in [1.29, 1.82) is 0 Å². The van der Waals surface area contributed by atoms with Crippen LogP contribution in [0.1, 0.15) is 20.8 Å². The molecular weight excluding hydrogens is 240 g/mol. The van der Waals surface area contributed by atoms with Gasteiger partial charge in [-0.15, -0.1) is 0 Å². The molecule has 0 aromatic rings. The molecule has 0 saturated carbocycles. The number of amides is 1. The van der Waals surface area contributed by atoms with Gasteiger partial charge in [-0.25, -0.2) is 9.59 Å². The summed E-state index contributed by atoms with van der Waals surface area (Å²) in [6, 6.07) is -0.937. The minimum atomic E-state index is -1.61. The molecule has 1 atom stereocenters. The van der Waals surface area contributed by atoms with E-state index in [9.17, 15) is 14.7 Å². The number of hydrogen-bond donors (Lipinski definition) is 2. The molecule has 0 aromatic carbocycles. The fourth-order valence-electron chi connectivity index (χ4n) is 1.83. The number of aliphatic hydroxyl groups is 1. The summed E-state index contributed by atoms with van der Waals surface area (Å²) in [7, 11) is 0. The fourth-order valence-corrected chi connectivity index (χ4v) is 1.83. The number of carbonyl (C=O) groups is 2. The zero-order valence-electron chi connectivity index (χ0n) is 10.9. The predicted molar refractivity (Wildman–Crippen MR) is 63.0 cm³/mol. The van der Waals surface area contributed by atoms with Crippen LogP contribution in [-0.2, 0) is 9.53 Å². The predicted octanol–water partition coefficient (Wildman–Crippen LogP) is -0.0579. The molecule has 0 unspecified atom stereocenters. The van der Waals surface area contributed by atoms with Gasteiger partial charge in [-0.05, 0) is 6.54 Å². The smallest absolute Gasteiger partial charge is 0.413 e. The first-order chi connectivity index (χ1) is 8.24. The van der Waals surface area contributed by atoms with Crippen molar-refractivity contribution >= 4 is 12.1 Å². The maximum Gasteiger partial charge on any atom is 0.413 e. The summed E-state index contributed by atoms with van der Waals surface area (Å²) in [6.45, 7) is 6.46. The molecule has 1 rings (SSSR count). The minimum Gasteiger partial charge on any atom is -0.480 e. The highest BCUT2D eigenvalue weighted by Crippen LogP contribution is 2.14. The number of aliphatic carboxylic acids is 1. The van der Waals surface area contributed by atoms with Crippen molar-refractivity contribution in [3.8, 4) is 0 Å². The van der Waals surface area contributed by atoms with E-state index >= 15 is 0 Å². The molecule has 1 amide bonds. The van der Waals surface area contributed by atoms with Gasteiger partial charge in [0.05, 0.1) is 0 Å². The van der Waals surface area contributed by atoms with Crippen LogP contribution >= 0.6 is 0 Å². The van der Waals surface area contributed by atoms with Gasteiger partial charge in [-0.2, -0.15) is 0 Å². The molecule has 7 nitrogen and oxygen atoms in total. The van der Waals surface area contributed by atoms with Crippen LogP contribution in [0.2, 0.25) is 0 Å². The summed E-state index contributed by atoms with van der Waals surface area (Å²) in [5, 5.41) is 18.5. The number of carbonyl (C=O) groups excluding carboxylic acids is 1. The molecule has 1 fully saturated rings. The highest BCUT2D eigenvalue weighted by atomic mass is 16.7. The normalized spacial score (nSPS) is 21.8. The van der Waals surface area contributed by atoms with Gasteiger partial charge in [0, 0.05) is 33.5 Å². The highest BCUT2D eigenvalue weighted by molar-refractivity contribution is 5.80. The minimum absolute atomic E-state index is 0.271. The molecule has 2 N–H and O–H groups in total. The van der Waals surface area contributed by atoms with E-state index in [0.29, 0.717) is 6.54 Å². The van der Waals surface area contributed by atoms with E-state index in [1.165, 1.54) is 13.8 Å². The lowest BCUT2D eigenvalue weighted by molar-refractivity contribution is -0.156. The first-order valence-electron chi connectivity index (χ1n) is 5.91. The maximum absolute atomic E-state index is 11.8. The zero-order valence-corrected chi connectivity index (χ0v) is 10.9. The zero-order chi connectivity index (χ0) is 13.9. The third-order valence-corrected chi connectivity index (χ3v) is 2.77. The van der Waals surface area contributed by atoms with Gasteiger partial charge >= 0.3 is 12.1 Å². The lowest BCUT2D eigenvalue weighted by Crippen LogP contribution is -2.59. The van der Waals surface area contributed by atoms with E-state index in [1.807, 2.05) is 11.8 Å². The molecule has 0 radical (unpaired) electrons. The van der Waals surface area contributed by atoms with Crippen LogP contribution in [0.3, 0.4) is 0 Å². The van der Waals surface area contributed by atoms with Gasteiger partial charge in [-0.1, -0.05) is 6.92 Å². The van der Waals surface area contributed by atoms with Gasteiger partial charge in [0.15, 0.2) is 0 Å². The third-order valence-electron chi connectivity index (χ3n) is 2.77. The van der Waals surface area contributed by atoms with Crippen LogP contribution in [0.25, 0.3) is 0 Å². The second kappa shape index (κ2) is 5.53. The Morgan fingerprint density at radius 3 is 2.44 bits per heavy atom. The van der Waals surface area contributed by atoms with E-state index in [0.717, 1.165) is 11.4 Å². The second-order valence-corrected chi connectivity index (χ2v) is 4.76. The molecule has 104 valence electrons. The van der Waals surface area contributed by atoms with Crippen LogP contribution in [0.4, 0.5) is 4.79 Å². The fraction of sp³-hybridized carbons (Fsp3) is 0.818. The summed E-state index contributed by atoms with van der Waals surface area (Å²) >= 11 is 0. The average Bonchev–Trinajstić information content (AvgIpc) is 2.25. The standard InChI is InChI=1S/C11H20N2O5/c1-4-12-5-6-13(8(7-12)9(14)15)10(16)18-11(2,3)17/h8,17H,4-7H2,1-3H3,(H,14,15)/t8-/m1/s1. The Balaban J connectivity index is 2.74. The number of carboxylic acid groups (broad SMARTS) is 1. The summed E-state index contributed by atoms with van der Waals surface area (Å²) in [4.78, 5) is 26.0. The van der Waals surface area contributed by atoms with Crippen molar-refractivity contribution < 1.29 is 24.5 Å². The van der Waals surface area contributed by atoms with E-state index in [4.69, 9.17) is 9.84 Å². The molecule has 0 bridgehead atoms. The van der Waals surface area contributed by atoms with Gasteiger partial charge in [0.2, 0.25) is 5.79 Å². The quantitative estimate of drug-likeness (QED) is 0.691. The van der Waals surface area contributed by atoms with E-state index < -0.39 is 23.9 Å². The Kier molecular flexibility index (Phi) is 4.53. The monoisotopic (exact) mass is 260 g/mol. The molecule has 1 aliphatic rings. The van der Waals surface area contributed by atoms with Crippen molar-refractivity contribution in [3.63, 3.8) is 0 Å². The molecule has 18 heavy (non-hydrogen) atoms. The first kappa shape index (κ1) is 14.7.